The summed E-state index contributed by atoms with van der Waals surface area (Å²) in [6.45, 7) is 6.99. The maximum atomic E-state index is 13.5. The molecule has 71 heavy (non-hydrogen) atoms. The molecule has 418 valence electrons. The molecule has 0 rings (SSSR count). The van der Waals surface area contributed by atoms with E-state index >= 15 is 0 Å². The van der Waals surface area contributed by atoms with Crippen LogP contribution in [0.5, 0.6) is 0 Å². The van der Waals surface area contributed by atoms with Gasteiger partial charge in [0.25, 0.3) is 0 Å². The van der Waals surface area contributed by atoms with Crippen LogP contribution in [-0.4, -0.2) is 74.3 Å². The highest BCUT2D eigenvalue weighted by Crippen LogP contribution is 2.43. The minimum Gasteiger partial charge on any atom is -0.456 e. The molecule has 3 atom stereocenters. The Morgan fingerprint density at radius 1 is 0.493 bits per heavy atom. The summed E-state index contributed by atoms with van der Waals surface area (Å²) >= 11 is 0. The normalized spacial score (nSPS) is 14.0. The second-order valence-electron chi connectivity index (χ2n) is 21.9. The van der Waals surface area contributed by atoms with Gasteiger partial charge in [-0.15, -0.1) is 0 Å². The van der Waals surface area contributed by atoms with E-state index in [1.54, 1.807) is 0 Å². The van der Waals surface area contributed by atoms with E-state index in [1.165, 1.54) is 199 Å². The van der Waals surface area contributed by atoms with Gasteiger partial charge >= 0.3 is 13.8 Å². The number of carbonyl (C=O) groups is 2. The van der Waals surface area contributed by atoms with Crippen molar-refractivity contribution in [2.24, 2.45) is 0 Å². The van der Waals surface area contributed by atoms with Crippen LogP contribution in [0.1, 0.15) is 290 Å². The molecule has 0 radical (unpaired) electrons. The number of allylic oxidation sites excluding steroid dienone is 5. The number of phosphoric acid groups is 1. The first-order valence-electron chi connectivity index (χ1n) is 30.3. The van der Waals surface area contributed by atoms with Crippen molar-refractivity contribution in [2.45, 2.75) is 303 Å². The summed E-state index contributed by atoms with van der Waals surface area (Å²) in [4.78, 5) is 37.5. The van der Waals surface area contributed by atoms with Crippen molar-refractivity contribution < 1.29 is 37.3 Å². The lowest BCUT2D eigenvalue weighted by Gasteiger charge is -2.27. The Morgan fingerprint density at radius 3 is 1.30 bits per heavy atom. The fraction of sp³-hybridized carbons (Fsp3) is 0.869. The van der Waals surface area contributed by atoms with Crippen LogP contribution in [0, 0.1) is 0 Å². The number of nitrogens with zero attached hydrogens (tertiary/aromatic N) is 1. The Labute approximate surface area is 440 Å². The molecule has 0 saturated heterocycles. The summed E-state index contributed by atoms with van der Waals surface area (Å²) in [5.41, 5.74) is 0. The highest BCUT2D eigenvalue weighted by Gasteiger charge is 2.30. The highest BCUT2D eigenvalue weighted by atomic mass is 31.2. The lowest BCUT2D eigenvalue weighted by Crippen LogP contribution is -2.47. The SMILES string of the molecule is CCCCCCCC/C=C\C/C=C/CCC(=O)OC(/C=C/CCCCCCCCCCC)C(COP(=O)(O)OCC[N+](C)(C)C)NC(=O)CCCCCCCCCCCCCCCCCCCCCCC. The number of quaternary nitrogens is 1. The van der Waals surface area contributed by atoms with E-state index in [4.69, 9.17) is 13.8 Å². The van der Waals surface area contributed by atoms with Crippen molar-refractivity contribution in [1.29, 1.82) is 0 Å². The van der Waals surface area contributed by atoms with Gasteiger partial charge in [-0.2, -0.15) is 0 Å². The lowest BCUT2D eigenvalue weighted by atomic mass is 10.0. The van der Waals surface area contributed by atoms with Crippen LogP contribution in [0.4, 0.5) is 0 Å². The molecule has 3 unspecified atom stereocenters. The number of carbonyl (C=O) groups excluding carboxylic acids is 2. The molecule has 0 heterocycles. The molecule has 0 aromatic rings. The van der Waals surface area contributed by atoms with Crippen molar-refractivity contribution in [3.8, 4) is 0 Å². The molecular formula is C61H118N2O7P+. The van der Waals surface area contributed by atoms with E-state index in [0.717, 1.165) is 51.4 Å². The van der Waals surface area contributed by atoms with Crippen LogP contribution in [-0.2, 0) is 27.9 Å². The molecule has 1 amide bonds. The van der Waals surface area contributed by atoms with Crippen LogP contribution in [0.3, 0.4) is 0 Å². The molecule has 0 aromatic heterocycles. The van der Waals surface area contributed by atoms with Gasteiger partial charge in [0.15, 0.2) is 0 Å². The third-order valence-electron chi connectivity index (χ3n) is 13.6. The molecule has 0 aliphatic carbocycles. The molecule has 0 spiro atoms. The summed E-state index contributed by atoms with van der Waals surface area (Å²) in [7, 11) is 1.48. The average Bonchev–Trinajstić information content (AvgIpc) is 3.33. The minimum absolute atomic E-state index is 0.0350. The van der Waals surface area contributed by atoms with Crippen LogP contribution in [0.25, 0.3) is 0 Å². The molecule has 0 aliphatic rings. The van der Waals surface area contributed by atoms with E-state index in [-0.39, 0.29) is 31.5 Å². The minimum atomic E-state index is -4.45. The highest BCUT2D eigenvalue weighted by molar-refractivity contribution is 7.47. The first-order valence-corrected chi connectivity index (χ1v) is 31.8. The largest absolute Gasteiger partial charge is 0.472 e. The smallest absolute Gasteiger partial charge is 0.456 e. The van der Waals surface area contributed by atoms with E-state index in [9.17, 15) is 19.0 Å². The van der Waals surface area contributed by atoms with Crippen molar-refractivity contribution >= 4 is 19.7 Å². The van der Waals surface area contributed by atoms with E-state index < -0.39 is 20.0 Å². The van der Waals surface area contributed by atoms with Crippen LogP contribution >= 0.6 is 7.82 Å². The Bertz CT molecular complexity index is 1310. The fourth-order valence-electron chi connectivity index (χ4n) is 8.88. The number of unbranched alkanes of at least 4 members (excludes halogenated alkanes) is 35. The molecule has 9 nitrogen and oxygen atoms in total. The summed E-state index contributed by atoms with van der Waals surface area (Å²) in [6.07, 6.45) is 61.6. The first kappa shape index (κ1) is 69.2. The number of hydrogen-bond donors (Lipinski definition) is 2. The third kappa shape index (κ3) is 52.9. The Balaban J connectivity index is 5.20. The number of nitrogens with one attached hydrogen (secondary N) is 1. The zero-order valence-electron chi connectivity index (χ0n) is 47.7. The maximum Gasteiger partial charge on any atom is 0.472 e. The number of amides is 1. The lowest BCUT2D eigenvalue weighted by molar-refractivity contribution is -0.870. The van der Waals surface area contributed by atoms with Crippen LogP contribution < -0.4 is 5.32 Å². The standard InChI is InChI=1S/C61H117N2O7P/c1-7-10-13-16-19-22-25-27-28-29-30-31-32-33-34-36-38-41-44-47-50-53-60(64)62-58(57-69-71(66,67)68-56-55-63(4,5)6)59(52-49-46-43-40-37-24-21-18-15-12-9-3)70-61(65)54-51-48-45-42-39-35-26-23-20-17-14-11-8-2/h35,39,45,48-49,52,58-59H,7-34,36-38,40-44,46-47,50-51,53-57H2,1-6H3,(H-,62,64,66,67)/p+1/b39-35-,48-45+,52-49+. The number of rotatable bonds is 55. The number of esters is 1. The van der Waals surface area contributed by atoms with Gasteiger partial charge in [0.2, 0.25) is 5.91 Å². The van der Waals surface area contributed by atoms with Gasteiger partial charge in [0, 0.05) is 12.8 Å². The zero-order chi connectivity index (χ0) is 52.2. The summed E-state index contributed by atoms with van der Waals surface area (Å²) in [5.74, 6) is -0.572. The number of phosphoric ester groups is 1. The van der Waals surface area contributed by atoms with E-state index in [0.29, 0.717) is 23.9 Å². The van der Waals surface area contributed by atoms with Gasteiger partial charge in [0.05, 0.1) is 33.8 Å². The zero-order valence-corrected chi connectivity index (χ0v) is 48.6. The maximum absolute atomic E-state index is 13.5. The monoisotopic (exact) mass is 1020 g/mol. The second kappa shape index (κ2) is 51.7. The fourth-order valence-corrected chi connectivity index (χ4v) is 9.61. The Kier molecular flexibility index (Phi) is 50.4. The number of likely N-dealkylation sites (N-methyl/N-ethyl adjacent to an activating group) is 1. The predicted octanol–water partition coefficient (Wildman–Crippen LogP) is 18.3. The topological polar surface area (TPSA) is 111 Å². The van der Waals surface area contributed by atoms with Crippen molar-refractivity contribution in [3.63, 3.8) is 0 Å². The first-order chi connectivity index (χ1) is 34.4. The summed E-state index contributed by atoms with van der Waals surface area (Å²) < 4.78 is 30.6. The number of ether oxygens (including phenoxy) is 1. The van der Waals surface area contributed by atoms with Crippen LogP contribution in [0.15, 0.2) is 36.5 Å². The molecule has 0 aromatic carbocycles. The van der Waals surface area contributed by atoms with Gasteiger partial charge in [-0.3, -0.25) is 18.6 Å². The van der Waals surface area contributed by atoms with Gasteiger partial charge in [0.1, 0.15) is 19.3 Å². The van der Waals surface area contributed by atoms with Gasteiger partial charge in [-0.1, -0.05) is 263 Å². The van der Waals surface area contributed by atoms with Crippen molar-refractivity contribution in [1.82, 2.24) is 5.32 Å². The molecule has 2 N–H and O–H groups in total. The van der Waals surface area contributed by atoms with Crippen molar-refractivity contribution in [3.05, 3.63) is 36.5 Å². The summed E-state index contributed by atoms with van der Waals surface area (Å²) in [6, 6.07) is -0.865. The summed E-state index contributed by atoms with van der Waals surface area (Å²) in [5, 5.41) is 3.04. The quantitative estimate of drug-likeness (QED) is 0.0205. The van der Waals surface area contributed by atoms with E-state index in [1.807, 2.05) is 39.4 Å². The molecule has 10 heteroatoms. The Morgan fingerprint density at radius 2 is 0.873 bits per heavy atom. The molecule has 0 bridgehead atoms. The van der Waals surface area contributed by atoms with Crippen LogP contribution in [0.2, 0.25) is 0 Å². The molecule has 0 fully saturated rings. The van der Waals surface area contributed by atoms with Crippen molar-refractivity contribution in [2.75, 3.05) is 40.9 Å². The molecular weight excluding hydrogens is 904 g/mol. The third-order valence-corrected chi connectivity index (χ3v) is 14.6. The van der Waals surface area contributed by atoms with E-state index in [2.05, 4.69) is 44.3 Å². The van der Waals surface area contributed by atoms with Gasteiger partial charge in [-0.25, -0.2) is 4.57 Å². The number of hydrogen-bond acceptors (Lipinski definition) is 6. The predicted molar refractivity (Wildman–Crippen MR) is 305 cm³/mol. The molecule has 0 saturated carbocycles. The van der Waals surface area contributed by atoms with Gasteiger partial charge < -0.3 is 19.4 Å². The second-order valence-corrected chi connectivity index (χ2v) is 23.3. The van der Waals surface area contributed by atoms with Gasteiger partial charge in [-0.05, 0) is 51.0 Å². The average molecular weight is 1020 g/mol. The molecule has 0 aliphatic heterocycles. The Hall–Kier alpha value is -1.77.